The highest BCUT2D eigenvalue weighted by molar-refractivity contribution is 7.15. The van der Waals surface area contributed by atoms with Crippen LogP contribution in [0, 0.1) is 0 Å². The van der Waals surface area contributed by atoms with Crippen LogP contribution in [0.25, 0.3) is 0 Å². The van der Waals surface area contributed by atoms with E-state index in [1.165, 1.54) is 49.2 Å². The third kappa shape index (κ3) is 4.07. The van der Waals surface area contributed by atoms with Gasteiger partial charge in [0, 0.05) is 12.5 Å². The van der Waals surface area contributed by atoms with Crippen molar-refractivity contribution in [2.24, 2.45) is 0 Å². The maximum Gasteiger partial charge on any atom is 0.227 e. The van der Waals surface area contributed by atoms with Gasteiger partial charge < -0.3 is 20.6 Å². The standard InChI is InChI=1S/C17H22N2O3S/c20-13-8-7-11(9-14(13)21)10-15-16(22)19-17(23-15)18-12-5-3-1-2-4-6-12/h7-9,12,20-22H,1-6,10H2,(H,18,19). The van der Waals surface area contributed by atoms with Crippen LogP contribution < -0.4 is 5.32 Å². The first-order valence-corrected chi connectivity index (χ1v) is 8.89. The smallest absolute Gasteiger partial charge is 0.227 e. The molecule has 0 saturated heterocycles. The van der Waals surface area contributed by atoms with Gasteiger partial charge in [0.15, 0.2) is 16.6 Å². The molecule has 1 aliphatic rings. The summed E-state index contributed by atoms with van der Waals surface area (Å²) in [6.45, 7) is 0. The molecule has 1 aliphatic carbocycles. The second-order valence-corrected chi connectivity index (χ2v) is 7.18. The summed E-state index contributed by atoms with van der Waals surface area (Å²) in [5.74, 6) is -0.250. The minimum atomic E-state index is -0.150. The van der Waals surface area contributed by atoms with Crippen molar-refractivity contribution in [1.29, 1.82) is 0 Å². The summed E-state index contributed by atoms with van der Waals surface area (Å²) < 4.78 is 0. The lowest BCUT2D eigenvalue weighted by atomic mass is 10.1. The third-order valence-electron chi connectivity index (χ3n) is 4.26. The first-order valence-electron chi connectivity index (χ1n) is 8.08. The number of nitrogens with one attached hydrogen (secondary N) is 1. The molecule has 3 rings (SSSR count). The van der Waals surface area contributed by atoms with Crippen LogP contribution in [0.3, 0.4) is 0 Å². The van der Waals surface area contributed by atoms with E-state index in [9.17, 15) is 15.3 Å². The lowest BCUT2D eigenvalue weighted by Gasteiger charge is -2.14. The summed E-state index contributed by atoms with van der Waals surface area (Å²) in [4.78, 5) is 4.98. The molecule has 1 aromatic heterocycles. The molecule has 5 nitrogen and oxygen atoms in total. The zero-order valence-electron chi connectivity index (χ0n) is 13.0. The molecule has 1 saturated carbocycles. The Morgan fingerprint density at radius 2 is 1.78 bits per heavy atom. The number of nitrogens with zero attached hydrogens (tertiary/aromatic N) is 1. The predicted molar refractivity (Wildman–Crippen MR) is 91.5 cm³/mol. The molecular weight excluding hydrogens is 312 g/mol. The van der Waals surface area contributed by atoms with Crippen LogP contribution in [-0.4, -0.2) is 26.3 Å². The summed E-state index contributed by atoms with van der Waals surface area (Å²) >= 11 is 1.45. The van der Waals surface area contributed by atoms with Crippen LogP contribution in [0.1, 0.15) is 49.0 Å². The minimum absolute atomic E-state index is 0.0405. The second-order valence-electron chi connectivity index (χ2n) is 6.10. The number of hydrogen-bond acceptors (Lipinski definition) is 6. The van der Waals surface area contributed by atoms with Crippen molar-refractivity contribution in [3.05, 3.63) is 28.6 Å². The Morgan fingerprint density at radius 1 is 1.04 bits per heavy atom. The molecule has 1 aromatic carbocycles. The average Bonchev–Trinajstić information content (AvgIpc) is 2.72. The summed E-state index contributed by atoms with van der Waals surface area (Å²) in [5, 5.41) is 33.2. The van der Waals surface area contributed by atoms with E-state index < -0.39 is 0 Å². The number of thiazole rings is 1. The van der Waals surface area contributed by atoms with Crippen molar-refractivity contribution in [2.45, 2.75) is 51.0 Å². The first kappa shape index (κ1) is 15.9. The number of phenols is 2. The fourth-order valence-corrected chi connectivity index (χ4v) is 3.95. The van der Waals surface area contributed by atoms with E-state index in [1.54, 1.807) is 6.07 Å². The zero-order valence-corrected chi connectivity index (χ0v) is 13.8. The van der Waals surface area contributed by atoms with Crippen LogP contribution >= 0.6 is 11.3 Å². The molecule has 0 unspecified atom stereocenters. The molecule has 0 atom stereocenters. The molecular formula is C17H22N2O3S. The van der Waals surface area contributed by atoms with Crippen LogP contribution in [0.2, 0.25) is 0 Å². The second kappa shape index (κ2) is 7.08. The Kier molecular flexibility index (Phi) is 4.91. The monoisotopic (exact) mass is 334 g/mol. The molecule has 0 aliphatic heterocycles. The van der Waals surface area contributed by atoms with Gasteiger partial charge in [-0.15, -0.1) is 0 Å². The van der Waals surface area contributed by atoms with Gasteiger partial charge in [-0.25, -0.2) is 0 Å². The van der Waals surface area contributed by atoms with Gasteiger partial charge in [-0.05, 0) is 30.5 Å². The Morgan fingerprint density at radius 3 is 2.48 bits per heavy atom. The Labute approximate surface area is 139 Å². The summed E-state index contributed by atoms with van der Waals surface area (Å²) in [7, 11) is 0. The number of benzene rings is 1. The van der Waals surface area contributed by atoms with E-state index in [2.05, 4.69) is 10.3 Å². The number of phenolic OH excluding ortho intramolecular Hbond substituents is 2. The third-order valence-corrected chi connectivity index (χ3v) is 5.24. The number of aromatic hydroxyl groups is 3. The van der Waals surface area contributed by atoms with Crippen molar-refractivity contribution in [2.75, 3.05) is 5.32 Å². The van der Waals surface area contributed by atoms with Gasteiger partial charge in [0.2, 0.25) is 5.88 Å². The van der Waals surface area contributed by atoms with Gasteiger partial charge in [-0.1, -0.05) is 43.1 Å². The van der Waals surface area contributed by atoms with Crippen molar-refractivity contribution in [1.82, 2.24) is 4.98 Å². The SMILES string of the molecule is Oc1ccc(Cc2sc(NC3CCCCCC3)nc2O)cc1O. The maximum absolute atomic E-state index is 10.0. The van der Waals surface area contributed by atoms with E-state index in [-0.39, 0.29) is 17.4 Å². The molecule has 0 amide bonds. The van der Waals surface area contributed by atoms with Gasteiger partial charge in [-0.2, -0.15) is 4.98 Å². The van der Waals surface area contributed by atoms with Crippen LogP contribution in [0.15, 0.2) is 18.2 Å². The van der Waals surface area contributed by atoms with E-state index in [1.807, 2.05) is 0 Å². The zero-order chi connectivity index (χ0) is 16.2. The van der Waals surface area contributed by atoms with Gasteiger partial charge in [0.05, 0.1) is 4.88 Å². The Bertz CT molecular complexity index is 664. The highest BCUT2D eigenvalue weighted by Gasteiger charge is 2.16. The normalized spacial score (nSPS) is 16.2. The van der Waals surface area contributed by atoms with Crippen molar-refractivity contribution < 1.29 is 15.3 Å². The van der Waals surface area contributed by atoms with Crippen LogP contribution in [-0.2, 0) is 6.42 Å². The molecule has 124 valence electrons. The van der Waals surface area contributed by atoms with Crippen LogP contribution in [0.4, 0.5) is 5.13 Å². The van der Waals surface area contributed by atoms with Crippen molar-refractivity contribution in [3.8, 4) is 17.4 Å². The highest BCUT2D eigenvalue weighted by atomic mass is 32.1. The molecule has 0 spiro atoms. The van der Waals surface area contributed by atoms with E-state index in [0.717, 1.165) is 28.4 Å². The number of hydrogen-bond donors (Lipinski definition) is 4. The minimum Gasteiger partial charge on any atom is -0.504 e. The highest BCUT2D eigenvalue weighted by Crippen LogP contribution is 2.33. The molecule has 1 heterocycles. The van der Waals surface area contributed by atoms with E-state index >= 15 is 0 Å². The topological polar surface area (TPSA) is 85.6 Å². The number of anilines is 1. The molecule has 1 fully saturated rings. The van der Waals surface area contributed by atoms with Gasteiger partial charge >= 0.3 is 0 Å². The molecule has 0 radical (unpaired) electrons. The van der Waals surface area contributed by atoms with E-state index in [0.29, 0.717) is 12.5 Å². The van der Waals surface area contributed by atoms with Gasteiger partial charge in [0.1, 0.15) is 0 Å². The fraction of sp³-hybridized carbons (Fsp3) is 0.471. The quantitative estimate of drug-likeness (QED) is 0.502. The Balaban J connectivity index is 1.68. The average molecular weight is 334 g/mol. The lowest BCUT2D eigenvalue weighted by molar-refractivity contribution is 0.403. The largest absolute Gasteiger partial charge is 0.504 e. The van der Waals surface area contributed by atoms with Gasteiger partial charge in [0.25, 0.3) is 0 Å². The molecule has 0 bridgehead atoms. The maximum atomic E-state index is 10.0. The fourth-order valence-electron chi connectivity index (χ4n) is 2.98. The molecule has 6 heteroatoms. The molecule has 4 N–H and O–H groups in total. The number of rotatable bonds is 4. The Hall–Kier alpha value is -1.95. The first-order chi connectivity index (χ1) is 11.1. The van der Waals surface area contributed by atoms with Crippen LogP contribution in [0.5, 0.6) is 17.4 Å². The summed E-state index contributed by atoms with van der Waals surface area (Å²) in [5.41, 5.74) is 0.820. The van der Waals surface area contributed by atoms with Crippen molar-refractivity contribution >= 4 is 16.5 Å². The summed E-state index contributed by atoms with van der Waals surface area (Å²) in [6, 6.07) is 5.13. The number of aromatic nitrogens is 1. The lowest BCUT2D eigenvalue weighted by Crippen LogP contribution is -2.17. The molecule has 23 heavy (non-hydrogen) atoms. The van der Waals surface area contributed by atoms with E-state index in [4.69, 9.17) is 0 Å². The van der Waals surface area contributed by atoms with Gasteiger partial charge in [-0.3, -0.25) is 0 Å². The summed E-state index contributed by atoms with van der Waals surface area (Å²) in [6.07, 6.45) is 7.88. The predicted octanol–water partition coefficient (Wildman–Crippen LogP) is 3.99. The van der Waals surface area contributed by atoms with Crippen molar-refractivity contribution in [3.63, 3.8) is 0 Å². The molecule has 2 aromatic rings.